The van der Waals surface area contributed by atoms with Gasteiger partial charge in [0.1, 0.15) is 18.1 Å². The highest BCUT2D eigenvalue weighted by molar-refractivity contribution is 5.76. The molecule has 0 unspecified atom stereocenters. The molecule has 0 saturated carbocycles. The van der Waals surface area contributed by atoms with Crippen molar-refractivity contribution in [3.8, 4) is 17.1 Å². The minimum Gasteiger partial charge on any atom is -0.497 e. The van der Waals surface area contributed by atoms with Crippen LogP contribution in [0, 0.1) is 0 Å². The zero-order valence-electron chi connectivity index (χ0n) is 14.5. The average Bonchev–Trinajstić information content (AvgIpc) is 3.34. The van der Waals surface area contributed by atoms with Crippen molar-refractivity contribution in [1.29, 1.82) is 0 Å². The van der Waals surface area contributed by atoms with Gasteiger partial charge in [-0.25, -0.2) is 4.68 Å². The lowest BCUT2D eigenvalue weighted by atomic mass is 10.2. The smallest absolute Gasteiger partial charge is 0.249 e. The molecule has 2 heterocycles. The third-order valence-corrected chi connectivity index (χ3v) is 3.72. The summed E-state index contributed by atoms with van der Waals surface area (Å²) in [5.74, 6) is 1.46. The summed E-state index contributed by atoms with van der Waals surface area (Å²) >= 11 is 0. The van der Waals surface area contributed by atoms with Crippen molar-refractivity contribution in [1.82, 2.24) is 35.7 Å². The normalized spacial score (nSPS) is 11.9. The quantitative estimate of drug-likeness (QED) is 0.642. The molecule has 0 aliphatic carbocycles. The molecule has 1 N–H and O–H groups in total. The first-order chi connectivity index (χ1) is 12.7. The zero-order valence-corrected chi connectivity index (χ0v) is 14.5. The predicted octanol–water partition coefficient (Wildman–Crippen LogP) is 1.39. The second-order valence-corrected chi connectivity index (χ2v) is 5.65. The molecule has 0 fully saturated rings. The van der Waals surface area contributed by atoms with E-state index in [-0.39, 0.29) is 11.9 Å². The van der Waals surface area contributed by atoms with Crippen molar-refractivity contribution in [2.45, 2.75) is 32.4 Å². The van der Waals surface area contributed by atoms with E-state index < -0.39 is 0 Å². The molecule has 1 amide bonds. The summed E-state index contributed by atoms with van der Waals surface area (Å²) in [4.78, 5) is 16.4. The van der Waals surface area contributed by atoms with E-state index in [4.69, 9.17) is 9.26 Å². The Morgan fingerprint density at radius 1 is 1.35 bits per heavy atom. The number of nitrogens with one attached hydrogen (secondary N) is 1. The van der Waals surface area contributed by atoms with Crippen LogP contribution < -0.4 is 10.1 Å². The van der Waals surface area contributed by atoms with Gasteiger partial charge in [-0.1, -0.05) is 5.16 Å². The zero-order chi connectivity index (χ0) is 18.4. The van der Waals surface area contributed by atoms with Crippen molar-refractivity contribution >= 4 is 5.91 Å². The van der Waals surface area contributed by atoms with Gasteiger partial charge in [-0.05, 0) is 48.0 Å². The molecule has 136 valence electrons. The number of carbonyl (C=O) groups excluding carboxylic acids is 1. The maximum atomic E-state index is 12.0. The van der Waals surface area contributed by atoms with Crippen molar-refractivity contribution in [2.24, 2.45) is 0 Å². The first-order valence-electron chi connectivity index (χ1n) is 8.14. The Bertz CT molecular complexity index is 830. The number of rotatable bonds is 8. The summed E-state index contributed by atoms with van der Waals surface area (Å²) < 4.78 is 12.0. The number of amides is 1. The maximum Gasteiger partial charge on any atom is 0.249 e. The van der Waals surface area contributed by atoms with Crippen LogP contribution in [0.4, 0.5) is 0 Å². The topological polar surface area (TPSA) is 121 Å². The van der Waals surface area contributed by atoms with E-state index in [2.05, 4.69) is 31.0 Å². The number of aromatic nitrogens is 6. The number of tetrazole rings is 1. The molecule has 3 rings (SSSR count). The molecule has 1 atom stereocenters. The van der Waals surface area contributed by atoms with Gasteiger partial charge in [0.2, 0.25) is 17.6 Å². The lowest BCUT2D eigenvalue weighted by molar-refractivity contribution is -0.122. The predicted molar refractivity (Wildman–Crippen MR) is 89.9 cm³/mol. The Hall–Kier alpha value is -3.30. The molecular formula is C16H19N7O3. The van der Waals surface area contributed by atoms with Gasteiger partial charge >= 0.3 is 0 Å². The lowest BCUT2D eigenvalue weighted by Crippen LogP contribution is -2.26. The molecule has 1 aromatic carbocycles. The molecular weight excluding hydrogens is 338 g/mol. The largest absolute Gasteiger partial charge is 0.497 e. The highest BCUT2D eigenvalue weighted by Gasteiger charge is 2.17. The summed E-state index contributed by atoms with van der Waals surface area (Å²) in [6.07, 6.45) is 2.49. The van der Waals surface area contributed by atoms with Crippen LogP contribution in [0.5, 0.6) is 5.75 Å². The first kappa shape index (κ1) is 17.5. The van der Waals surface area contributed by atoms with E-state index in [0.717, 1.165) is 11.3 Å². The van der Waals surface area contributed by atoms with Gasteiger partial charge in [0, 0.05) is 18.5 Å². The van der Waals surface area contributed by atoms with Gasteiger partial charge in [-0.2, -0.15) is 4.98 Å². The fraction of sp³-hybridized carbons (Fsp3) is 0.375. The van der Waals surface area contributed by atoms with Crippen molar-refractivity contribution in [3.63, 3.8) is 0 Å². The Morgan fingerprint density at radius 3 is 2.85 bits per heavy atom. The van der Waals surface area contributed by atoms with Crippen molar-refractivity contribution < 1.29 is 14.1 Å². The summed E-state index contributed by atoms with van der Waals surface area (Å²) in [6, 6.07) is 6.95. The number of ether oxygens (including phenoxy) is 1. The summed E-state index contributed by atoms with van der Waals surface area (Å²) in [6.45, 7) is 2.38. The number of aryl methyl sites for hydroxylation is 1. The Morgan fingerprint density at radius 2 is 2.15 bits per heavy atom. The van der Waals surface area contributed by atoms with E-state index in [1.54, 1.807) is 18.7 Å². The summed E-state index contributed by atoms with van der Waals surface area (Å²) in [5, 5.41) is 17.6. The second-order valence-electron chi connectivity index (χ2n) is 5.65. The number of nitrogens with zero attached hydrogens (tertiary/aromatic N) is 6. The minimum atomic E-state index is -0.380. The summed E-state index contributed by atoms with van der Waals surface area (Å²) in [5.41, 5.74) is 0.806. The van der Waals surface area contributed by atoms with Gasteiger partial charge in [0.15, 0.2) is 0 Å². The molecule has 0 saturated heterocycles. The molecule has 0 bridgehead atoms. The van der Waals surface area contributed by atoms with E-state index in [1.807, 2.05) is 24.3 Å². The minimum absolute atomic E-state index is 0.102. The highest BCUT2D eigenvalue weighted by atomic mass is 16.5. The molecule has 2 aromatic heterocycles. The molecule has 3 aromatic rings. The molecule has 0 aliphatic rings. The van der Waals surface area contributed by atoms with Crippen LogP contribution in [0.15, 0.2) is 35.1 Å². The monoisotopic (exact) mass is 357 g/mol. The Kier molecular flexibility index (Phi) is 5.52. The Balaban J connectivity index is 1.52. The van der Waals surface area contributed by atoms with Crippen LogP contribution in [0.1, 0.15) is 31.7 Å². The Labute approximate surface area is 149 Å². The van der Waals surface area contributed by atoms with Gasteiger partial charge < -0.3 is 14.6 Å². The standard InChI is InChI=1S/C16H19N7O3/c1-11(18-14(24)4-3-9-23-10-17-21-22-23)16-19-15(20-26-16)12-5-7-13(25-2)8-6-12/h5-8,10-11H,3-4,9H2,1-2H3,(H,18,24)/t11-/m0/s1. The van der Waals surface area contributed by atoms with E-state index in [9.17, 15) is 4.79 Å². The number of carbonyl (C=O) groups is 1. The fourth-order valence-corrected chi connectivity index (χ4v) is 2.33. The SMILES string of the molecule is COc1ccc(-c2noc([C@H](C)NC(=O)CCCn3cnnn3)n2)cc1. The number of hydrogen-bond acceptors (Lipinski definition) is 8. The fourth-order valence-electron chi connectivity index (χ4n) is 2.33. The van der Waals surface area contributed by atoms with E-state index in [0.29, 0.717) is 31.1 Å². The van der Waals surface area contributed by atoms with Gasteiger partial charge in [-0.15, -0.1) is 5.10 Å². The average molecular weight is 357 g/mol. The maximum absolute atomic E-state index is 12.0. The van der Waals surface area contributed by atoms with Gasteiger partial charge in [0.05, 0.1) is 7.11 Å². The molecule has 0 spiro atoms. The molecule has 10 nitrogen and oxygen atoms in total. The van der Waals surface area contributed by atoms with E-state index in [1.165, 1.54) is 6.33 Å². The van der Waals surface area contributed by atoms with Crippen LogP contribution in [-0.2, 0) is 11.3 Å². The molecule has 0 aliphatic heterocycles. The third-order valence-electron chi connectivity index (χ3n) is 3.72. The number of hydrogen-bond donors (Lipinski definition) is 1. The molecule has 0 radical (unpaired) electrons. The van der Waals surface area contributed by atoms with E-state index >= 15 is 0 Å². The van der Waals surface area contributed by atoms with Crippen molar-refractivity contribution in [3.05, 3.63) is 36.5 Å². The van der Waals surface area contributed by atoms with Gasteiger partial charge in [0.25, 0.3) is 0 Å². The lowest BCUT2D eigenvalue weighted by Gasteiger charge is -2.09. The van der Waals surface area contributed by atoms with Crippen LogP contribution in [0.2, 0.25) is 0 Å². The number of methoxy groups -OCH3 is 1. The number of benzene rings is 1. The third kappa shape index (κ3) is 4.41. The van der Waals surface area contributed by atoms with Crippen LogP contribution in [0.3, 0.4) is 0 Å². The molecule has 26 heavy (non-hydrogen) atoms. The van der Waals surface area contributed by atoms with Crippen molar-refractivity contribution in [2.75, 3.05) is 7.11 Å². The van der Waals surface area contributed by atoms with Gasteiger partial charge in [-0.3, -0.25) is 4.79 Å². The molecule has 10 heteroatoms. The van der Waals surface area contributed by atoms with Crippen LogP contribution >= 0.6 is 0 Å². The highest BCUT2D eigenvalue weighted by Crippen LogP contribution is 2.21. The van der Waals surface area contributed by atoms with Crippen LogP contribution in [0.25, 0.3) is 11.4 Å². The summed E-state index contributed by atoms with van der Waals surface area (Å²) in [7, 11) is 1.61. The van der Waals surface area contributed by atoms with Crippen LogP contribution in [-0.4, -0.2) is 43.4 Å². The second kappa shape index (κ2) is 8.19. The first-order valence-corrected chi connectivity index (χ1v) is 8.14.